The third-order valence-corrected chi connectivity index (χ3v) is 3.58. The molecular formula is C14H20N4. The maximum absolute atomic E-state index is 8.81. The number of nitrogens with two attached hydrogens (primary N) is 1. The standard InChI is InChI=1S/C14H20N4/c1-2-18-6-5-11(10-18)9-17-13-4-3-12(8-15)14(16)7-13/h3-4,7,11,17H,2,5-6,9-10,16H2,1H3. The Morgan fingerprint density at radius 2 is 2.39 bits per heavy atom. The molecular weight excluding hydrogens is 224 g/mol. The van der Waals surface area contributed by atoms with Crippen LogP contribution in [0.5, 0.6) is 0 Å². The van der Waals surface area contributed by atoms with Gasteiger partial charge in [-0.3, -0.25) is 0 Å². The van der Waals surface area contributed by atoms with E-state index in [9.17, 15) is 0 Å². The highest BCUT2D eigenvalue weighted by atomic mass is 15.1. The maximum Gasteiger partial charge on any atom is 0.101 e. The molecule has 1 aromatic carbocycles. The molecule has 1 aliphatic heterocycles. The van der Waals surface area contributed by atoms with Crippen LogP contribution in [0.4, 0.5) is 11.4 Å². The number of likely N-dealkylation sites (tertiary alicyclic amines) is 1. The predicted molar refractivity (Wildman–Crippen MR) is 74.3 cm³/mol. The Hall–Kier alpha value is -1.73. The zero-order valence-electron chi connectivity index (χ0n) is 10.8. The molecule has 3 N–H and O–H groups in total. The van der Waals surface area contributed by atoms with Crippen molar-refractivity contribution >= 4 is 11.4 Å². The number of rotatable bonds is 4. The van der Waals surface area contributed by atoms with E-state index in [4.69, 9.17) is 11.0 Å². The molecule has 1 atom stereocenters. The van der Waals surface area contributed by atoms with Crippen molar-refractivity contribution < 1.29 is 0 Å². The zero-order valence-corrected chi connectivity index (χ0v) is 10.8. The SMILES string of the molecule is CCN1CCC(CNc2ccc(C#N)c(N)c2)C1. The average molecular weight is 244 g/mol. The van der Waals surface area contributed by atoms with Crippen LogP contribution >= 0.6 is 0 Å². The molecule has 0 amide bonds. The van der Waals surface area contributed by atoms with Crippen LogP contribution in [-0.2, 0) is 0 Å². The third-order valence-electron chi connectivity index (χ3n) is 3.58. The first-order valence-corrected chi connectivity index (χ1v) is 6.48. The summed E-state index contributed by atoms with van der Waals surface area (Å²) >= 11 is 0. The summed E-state index contributed by atoms with van der Waals surface area (Å²) in [5, 5.41) is 12.2. The van der Waals surface area contributed by atoms with Gasteiger partial charge in [-0.15, -0.1) is 0 Å². The lowest BCUT2D eigenvalue weighted by molar-refractivity contribution is 0.345. The highest BCUT2D eigenvalue weighted by Crippen LogP contribution is 2.20. The van der Waals surface area contributed by atoms with Gasteiger partial charge in [0.25, 0.3) is 0 Å². The summed E-state index contributed by atoms with van der Waals surface area (Å²) < 4.78 is 0. The first kappa shape index (κ1) is 12.7. The third kappa shape index (κ3) is 2.93. The van der Waals surface area contributed by atoms with E-state index in [0.717, 1.165) is 18.8 Å². The number of anilines is 2. The Morgan fingerprint density at radius 1 is 1.56 bits per heavy atom. The van der Waals surface area contributed by atoms with Gasteiger partial charge in [0, 0.05) is 18.8 Å². The van der Waals surface area contributed by atoms with E-state index >= 15 is 0 Å². The first-order chi connectivity index (χ1) is 8.72. The lowest BCUT2D eigenvalue weighted by Gasteiger charge is -2.14. The molecule has 4 heteroatoms. The van der Waals surface area contributed by atoms with Crippen LogP contribution in [0.3, 0.4) is 0 Å². The first-order valence-electron chi connectivity index (χ1n) is 6.48. The van der Waals surface area contributed by atoms with Crippen LogP contribution in [0.25, 0.3) is 0 Å². The summed E-state index contributed by atoms with van der Waals surface area (Å²) in [6.45, 7) is 6.70. The molecule has 0 bridgehead atoms. The second kappa shape index (κ2) is 5.74. The van der Waals surface area contributed by atoms with Gasteiger partial charge in [-0.2, -0.15) is 5.26 Å². The molecule has 1 aliphatic rings. The summed E-state index contributed by atoms with van der Waals surface area (Å²) in [5.41, 5.74) is 7.88. The van der Waals surface area contributed by atoms with Crippen molar-refractivity contribution in [3.63, 3.8) is 0 Å². The summed E-state index contributed by atoms with van der Waals surface area (Å²) in [4.78, 5) is 2.47. The minimum absolute atomic E-state index is 0.540. The Kier molecular flexibility index (Phi) is 4.06. The quantitative estimate of drug-likeness (QED) is 0.794. The molecule has 1 saturated heterocycles. The van der Waals surface area contributed by atoms with Gasteiger partial charge in [0.05, 0.1) is 11.3 Å². The Bertz CT molecular complexity index is 450. The van der Waals surface area contributed by atoms with Crippen molar-refractivity contribution in [2.75, 3.05) is 37.2 Å². The molecule has 0 aliphatic carbocycles. The van der Waals surface area contributed by atoms with Crippen molar-refractivity contribution in [2.45, 2.75) is 13.3 Å². The molecule has 0 spiro atoms. The number of benzene rings is 1. The van der Waals surface area contributed by atoms with Crippen LogP contribution in [0, 0.1) is 17.2 Å². The van der Waals surface area contributed by atoms with Crippen molar-refractivity contribution in [2.24, 2.45) is 5.92 Å². The van der Waals surface area contributed by atoms with Gasteiger partial charge >= 0.3 is 0 Å². The van der Waals surface area contributed by atoms with E-state index in [1.54, 1.807) is 6.07 Å². The monoisotopic (exact) mass is 244 g/mol. The predicted octanol–water partition coefficient (Wildman–Crippen LogP) is 1.89. The number of hydrogen-bond acceptors (Lipinski definition) is 4. The summed E-state index contributed by atoms with van der Waals surface area (Å²) in [5.74, 6) is 0.710. The molecule has 18 heavy (non-hydrogen) atoms. The highest BCUT2D eigenvalue weighted by molar-refractivity contribution is 5.62. The summed E-state index contributed by atoms with van der Waals surface area (Å²) in [6.07, 6.45) is 1.26. The molecule has 1 aromatic rings. The molecule has 4 nitrogen and oxygen atoms in total. The van der Waals surface area contributed by atoms with E-state index in [1.165, 1.54) is 19.5 Å². The normalized spacial score (nSPS) is 19.7. The highest BCUT2D eigenvalue weighted by Gasteiger charge is 2.20. The van der Waals surface area contributed by atoms with Crippen molar-refractivity contribution in [3.8, 4) is 6.07 Å². The van der Waals surface area contributed by atoms with Gasteiger partial charge in [0.15, 0.2) is 0 Å². The number of nitriles is 1. The second-order valence-corrected chi connectivity index (χ2v) is 4.84. The van der Waals surface area contributed by atoms with Crippen LogP contribution in [0.2, 0.25) is 0 Å². The van der Waals surface area contributed by atoms with Crippen LogP contribution in [-0.4, -0.2) is 31.1 Å². The number of nitrogens with one attached hydrogen (secondary N) is 1. The average Bonchev–Trinajstić information content (AvgIpc) is 2.84. The molecule has 1 fully saturated rings. The van der Waals surface area contributed by atoms with Gasteiger partial charge in [-0.05, 0) is 43.6 Å². The molecule has 1 unspecified atom stereocenters. The molecule has 96 valence electrons. The number of nitrogens with zero attached hydrogens (tertiary/aromatic N) is 2. The van der Waals surface area contributed by atoms with Crippen molar-refractivity contribution in [1.29, 1.82) is 5.26 Å². The van der Waals surface area contributed by atoms with E-state index in [1.807, 2.05) is 12.1 Å². The minimum Gasteiger partial charge on any atom is -0.398 e. The van der Waals surface area contributed by atoms with Gasteiger partial charge in [-0.25, -0.2) is 0 Å². The fourth-order valence-electron chi connectivity index (χ4n) is 2.40. The molecule has 0 radical (unpaired) electrons. The van der Waals surface area contributed by atoms with Gasteiger partial charge in [0.1, 0.15) is 6.07 Å². The topological polar surface area (TPSA) is 65.1 Å². The van der Waals surface area contributed by atoms with E-state index in [0.29, 0.717) is 17.2 Å². The van der Waals surface area contributed by atoms with Crippen LogP contribution in [0.1, 0.15) is 18.9 Å². The zero-order chi connectivity index (χ0) is 13.0. The smallest absolute Gasteiger partial charge is 0.101 e. The van der Waals surface area contributed by atoms with Gasteiger partial charge in [-0.1, -0.05) is 6.92 Å². The fraction of sp³-hybridized carbons (Fsp3) is 0.500. The largest absolute Gasteiger partial charge is 0.398 e. The van der Waals surface area contributed by atoms with Gasteiger partial charge < -0.3 is 16.0 Å². The van der Waals surface area contributed by atoms with Crippen molar-refractivity contribution in [1.82, 2.24) is 4.90 Å². The maximum atomic E-state index is 8.81. The molecule has 0 aromatic heterocycles. The van der Waals surface area contributed by atoms with E-state index in [-0.39, 0.29) is 0 Å². The van der Waals surface area contributed by atoms with Gasteiger partial charge in [0.2, 0.25) is 0 Å². The Morgan fingerprint density at radius 3 is 3.00 bits per heavy atom. The lowest BCUT2D eigenvalue weighted by atomic mass is 10.1. The van der Waals surface area contributed by atoms with Crippen molar-refractivity contribution in [3.05, 3.63) is 23.8 Å². The van der Waals surface area contributed by atoms with E-state index < -0.39 is 0 Å². The molecule has 1 heterocycles. The Balaban J connectivity index is 1.87. The number of hydrogen-bond donors (Lipinski definition) is 2. The Labute approximate surface area is 108 Å². The molecule has 2 rings (SSSR count). The van der Waals surface area contributed by atoms with E-state index in [2.05, 4.69) is 23.2 Å². The summed E-state index contributed by atoms with van der Waals surface area (Å²) in [7, 11) is 0. The number of nitrogen functional groups attached to an aromatic ring is 1. The lowest BCUT2D eigenvalue weighted by Crippen LogP contribution is -2.22. The minimum atomic E-state index is 0.540. The van der Waals surface area contributed by atoms with Crippen LogP contribution in [0.15, 0.2) is 18.2 Å². The van der Waals surface area contributed by atoms with Crippen LogP contribution < -0.4 is 11.1 Å². The second-order valence-electron chi connectivity index (χ2n) is 4.84. The molecule has 0 saturated carbocycles. The fourth-order valence-corrected chi connectivity index (χ4v) is 2.40. The summed E-state index contributed by atoms with van der Waals surface area (Å²) in [6, 6.07) is 7.60.